The van der Waals surface area contributed by atoms with E-state index in [2.05, 4.69) is 29.2 Å². The second kappa shape index (κ2) is 7.75. The van der Waals surface area contributed by atoms with Gasteiger partial charge < -0.3 is 5.32 Å². The standard InChI is InChI=1S/C20H22N4O/c1-15(2)10-12-22-20(25)18-14-24(17-8-4-3-5-9-17)23-19(18)16-7-6-11-21-13-16/h3-9,11,13-15H,10,12H2,1-2H3,(H,22,25). The van der Waals surface area contributed by atoms with E-state index in [9.17, 15) is 4.79 Å². The lowest BCUT2D eigenvalue weighted by Crippen LogP contribution is -2.25. The van der Waals surface area contributed by atoms with Gasteiger partial charge in [-0.25, -0.2) is 4.68 Å². The van der Waals surface area contributed by atoms with E-state index in [1.54, 1.807) is 23.3 Å². The maximum atomic E-state index is 12.7. The van der Waals surface area contributed by atoms with E-state index in [1.807, 2.05) is 42.5 Å². The zero-order valence-corrected chi connectivity index (χ0v) is 14.5. The molecule has 0 fully saturated rings. The Kier molecular flexibility index (Phi) is 5.23. The van der Waals surface area contributed by atoms with E-state index in [0.717, 1.165) is 17.7 Å². The van der Waals surface area contributed by atoms with Gasteiger partial charge in [-0.1, -0.05) is 32.0 Å². The largest absolute Gasteiger partial charge is 0.352 e. The number of rotatable bonds is 6. The highest BCUT2D eigenvalue weighted by atomic mass is 16.1. The van der Waals surface area contributed by atoms with Crippen LogP contribution in [0.2, 0.25) is 0 Å². The number of carbonyl (C=O) groups excluding carboxylic acids is 1. The molecule has 5 nitrogen and oxygen atoms in total. The number of para-hydroxylation sites is 1. The molecule has 3 rings (SSSR count). The smallest absolute Gasteiger partial charge is 0.255 e. The number of aromatic nitrogens is 3. The van der Waals surface area contributed by atoms with Crippen molar-refractivity contribution in [2.24, 2.45) is 5.92 Å². The number of pyridine rings is 1. The maximum absolute atomic E-state index is 12.7. The van der Waals surface area contributed by atoms with Crippen molar-refractivity contribution in [1.29, 1.82) is 0 Å². The Balaban J connectivity index is 1.95. The second-order valence-corrected chi connectivity index (χ2v) is 6.35. The number of benzene rings is 1. The van der Waals surface area contributed by atoms with Crippen LogP contribution < -0.4 is 5.32 Å². The molecule has 0 aliphatic rings. The molecule has 0 saturated heterocycles. The van der Waals surface area contributed by atoms with Crippen LogP contribution in [0.4, 0.5) is 0 Å². The first-order valence-corrected chi connectivity index (χ1v) is 8.49. The number of nitrogens with zero attached hydrogens (tertiary/aromatic N) is 3. The second-order valence-electron chi connectivity index (χ2n) is 6.35. The fourth-order valence-electron chi connectivity index (χ4n) is 2.54. The molecule has 0 aliphatic heterocycles. The Labute approximate surface area is 147 Å². The topological polar surface area (TPSA) is 59.8 Å². The summed E-state index contributed by atoms with van der Waals surface area (Å²) >= 11 is 0. The molecule has 2 aromatic heterocycles. The Morgan fingerprint density at radius 1 is 1.16 bits per heavy atom. The fourth-order valence-corrected chi connectivity index (χ4v) is 2.54. The van der Waals surface area contributed by atoms with E-state index in [0.29, 0.717) is 23.7 Å². The Bertz CT molecular complexity index is 825. The van der Waals surface area contributed by atoms with Crippen molar-refractivity contribution in [1.82, 2.24) is 20.1 Å². The van der Waals surface area contributed by atoms with Crippen molar-refractivity contribution in [2.75, 3.05) is 6.54 Å². The van der Waals surface area contributed by atoms with Crippen molar-refractivity contribution in [3.8, 4) is 16.9 Å². The van der Waals surface area contributed by atoms with E-state index in [-0.39, 0.29) is 5.91 Å². The van der Waals surface area contributed by atoms with Gasteiger partial charge in [0, 0.05) is 30.7 Å². The number of hydrogen-bond donors (Lipinski definition) is 1. The monoisotopic (exact) mass is 334 g/mol. The lowest BCUT2D eigenvalue weighted by Gasteiger charge is -2.07. The average molecular weight is 334 g/mol. The van der Waals surface area contributed by atoms with Crippen molar-refractivity contribution in [3.63, 3.8) is 0 Å². The Morgan fingerprint density at radius 3 is 2.64 bits per heavy atom. The number of nitrogens with one attached hydrogen (secondary N) is 1. The summed E-state index contributed by atoms with van der Waals surface area (Å²) < 4.78 is 1.74. The number of carbonyl (C=O) groups is 1. The molecule has 0 saturated carbocycles. The molecule has 0 bridgehead atoms. The molecule has 128 valence electrons. The molecule has 0 aliphatic carbocycles. The predicted molar refractivity (Wildman–Crippen MR) is 98.6 cm³/mol. The minimum Gasteiger partial charge on any atom is -0.352 e. The molecule has 2 heterocycles. The van der Waals surface area contributed by atoms with Crippen LogP contribution in [0.1, 0.15) is 30.6 Å². The molecule has 25 heavy (non-hydrogen) atoms. The SMILES string of the molecule is CC(C)CCNC(=O)c1cn(-c2ccccc2)nc1-c1cccnc1. The summed E-state index contributed by atoms with van der Waals surface area (Å²) in [6, 6.07) is 13.5. The minimum atomic E-state index is -0.110. The van der Waals surface area contributed by atoms with Crippen LogP contribution in [-0.4, -0.2) is 27.2 Å². The van der Waals surface area contributed by atoms with Gasteiger partial charge in [-0.3, -0.25) is 9.78 Å². The molecular formula is C20H22N4O. The summed E-state index contributed by atoms with van der Waals surface area (Å²) in [6.07, 6.45) is 6.16. The van der Waals surface area contributed by atoms with Crippen LogP contribution in [0.5, 0.6) is 0 Å². The molecule has 1 N–H and O–H groups in total. The Hall–Kier alpha value is -2.95. The van der Waals surface area contributed by atoms with E-state index >= 15 is 0 Å². The molecule has 5 heteroatoms. The van der Waals surface area contributed by atoms with Crippen LogP contribution in [0.25, 0.3) is 16.9 Å². The molecule has 0 radical (unpaired) electrons. The highest BCUT2D eigenvalue weighted by Gasteiger charge is 2.18. The summed E-state index contributed by atoms with van der Waals surface area (Å²) in [4.78, 5) is 16.8. The maximum Gasteiger partial charge on any atom is 0.255 e. The van der Waals surface area contributed by atoms with Crippen LogP contribution in [0, 0.1) is 5.92 Å². The van der Waals surface area contributed by atoms with Crippen LogP contribution in [-0.2, 0) is 0 Å². The van der Waals surface area contributed by atoms with Crippen molar-refractivity contribution in [3.05, 3.63) is 66.6 Å². The molecule has 0 spiro atoms. The first kappa shape index (κ1) is 16.9. The Morgan fingerprint density at radius 2 is 1.96 bits per heavy atom. The summed E-state index contributed by atoms with van der Waals surface area (Å²) in [5.41, 5.74) is 2.93. The lowest BCUT2D eigenvalue weighted by molar-refractivity contribution is 0.0952. The van der Waals surface area contributed by atoms with E-state index in [4.69, 9.17) is 0 Å². The average Bonchev–Trinajstić information content (AvgIpc) is 3.08. The van der Waals surface area contributed by atoms with Gasteiger partial charge in [0.25, 0.3) is 5.91 Å². The van der Waals surface area contributed by atoms with Gasteiger partial charge in [0.05, 0.1) is 11.3 Å². The molecular weight excluding hydrogens is 312 g/mol. The minimum absolute atomic E-state index is 0.110. The quantitative estimate of drug-likeness (QED) is 0.747. The van der Waals surface area contributed by atoms with Gasteiger partial charge in [-0.05, 0) is 36.6 Å². The molecule has 1 amide bonds. The van der Waals surface area contributed by atoms with Gasteiger partial charge in [0.1, 0.15) is 5.69 Å². The van der Waals surface area contributed by atoms with Crippen molar-refractivity contribution in [2.45, 2.75) is 20.3 Å². The van der Waals surface area contributed by atoms with Crippen LogP contribution in [0.3, 0.4) is 0 Å². The molecule has 1 aromatic carbocycles. The van der Waals surface area contributed by atoms with E-state index < -0.39 is 0 Å². The highest BCUT2D eigenvalue weighted by Crippen LogP contribution is 2.23. The normalized spacial score (nSPS) is 10.8. The first-order chi connectivity index (χ1) is 12.1. The summed E-state index contributed by atoms with van der Waals surface area (Å²) in [5.74, 6) is 0.437. The summed E-state index contributed by atoms with van der Waals surface area (Å²) in [7, 11) is 0. The van der Waals surface area contributed by atoms with Gasteiger partial charge in [0.2, 0.25) is 0 Å². The van der Waals surface area contributed by atoms with Crippen molar-refractivity contribution < 1.29 is 4.79 Å². The van der Waals surface area contributed by atoms with Crippen LogP contribution >= 0.6 is 0 Å². The number of hydrogen-bond acceptors (Lipinski definition) is 3. The predicted octanol–water partition coefficient (Wildman–Crippen LogP) is 3.71. The zero-order chi connectivity index (χ0) is 17.6. The zero-order valence-electron chi connectivity index (χ0n) is 14.5. The van der Waals surface area contributed by atoms with Crippen molar-refractivity contribution >= 4 is 5.91 Å². The summed E-state index contributed by atoms with van der Waals surface area (Å²) in [6.45, 7) is 4.93. The lowest BCUT2D eigenvalue weighted by atomic mass is 10.1. The molecule has 0 atom stereocenters. The van der Waals surface area contributed by atoms with Gasteiger partial charge in [-0.15, -0.1) is 0 Å². The number of amides is 1. The third-order valence-electron chi connectivity index (χ3n) is 3.92. The van der Waals surface area contributed by atoms with Crippen LogP contribution in [0.15, 0.2) is 61.1 Å². The summed E-state index contributed by atoms with van der Waals surface area (Å²) in [5, 5.41) is 7.62. The third kappa shape index (κ3) is 4.12. The molecule has 0 unspecified atom stereocenters. The van der Waals surface area contributed by atoms with Gasteiger partial charge in [-0.2, -0.15) is 5.10 Å². The van der Waals surface area contributed by atoms with Gasteiger partial charge in [0.15, 0.2) is 0 Å². The highest BCUT2D eigenvalue weighted by molar-refractivity contribution is 5.99. The third-order valence-corrected chi connectivity index (χ3v) is 3.92. The van der Waals surface area contributed by atoms with Gasteiger partial charge >= 0.3 is 0 Å². The first-order valence-electron chi connectivity index (χ1n) is 8.49. The van der Waals surface area contributed by atoms with E-state index in [1.165, 1.54) is 0 Å². The molecule has 3 aromatic rings. The fraction of sp³-hybridized carbons (Fsp3) is 0.250.